The van der Waals surface area contributed by atoms with E-state index in [4.69, 9.17) is 11.6 Å². The second-order valence-corrected chi connectivity index (χ2v) is 9.62. The number of carbonyl (C=O) groups excluding carboxylic acids is 1. The zero-order valence-electron chi connectivity index (χ0n) is 17.5. The van der Waals surface area contributed by atoms with Gasteiger partial charge in [-0.05, 0) is 53.2 Å². The van der Waals surface area contributed by atoms with Crippen LogP contribution in [0.4, 0.5) is 18.3 Å². The van der Waals surface area contributed by atoms with E-state index < -0.39 is 11.7 Å². The zero-order valence-corrected chi connectivity index (χ0v) is 19.9. The maximum atomic E-state index is 13.0. The predicted octanol–water partition coefficient (Wildman–Crippen LogP) is 5.42. The van der Waals surface area contributed by atoms with E-state index in [9.17, 15) is 18.0 Å². The Bertz CT molecular complexity index is 1310. The van der Waals surface area contributed by atoms with Gasteiger partial charge in [-0.15, -0.1) is 16.4 Å². The Labute approximate surface area is 205 Å². The van der Waals surface area contributed by atoms with Gasteiger partial charge in [-0.1, -0.05) is 41.1 Å². The maximum absolute atomic E-state index is 13.0. The molecule has 0 unspecified atom stereocenters. The summed E-state index contributed by atoms with van der Waals surface area (Å²) in [4.78, 5) is 17.2. The van der Waals surface area contributed by atoms with Crippen LogP contribution < -0.4 is 5.32 Å². The third-order valence-corrected chi connectivity index (χ3v) is 6.79. The number of anilines is 1. The van der Waals surface area contributed by atoms with E-state index in [1.165, 1.54) is 28.3 Å². The van der Waals surface area contributed by atoms with Crippen LogP contribution in [0, 0.1) is 6.92 Å². The van der Waals surface area contributed by atoms with Gasteiger partial charge in [0.05, 0.1) is 17.0 Å². The van der Waals surface area contributed by atoms with E-state index in [0.29, 0.717) is 20.7 Å². The van der Waals surface area contributed by atoms with E-state index in [1.807, 2.05) is 31.2 Å². The van der Waals surface area contributed by atoms with Crippen LogP contribution in [0.1, 0.15) is 21.6 Å². The topological polar surface area (TPSA) is 85.6 Å². The summed E-state index contributed by atoms with van der Waals surface area (Å²) in [5.41, 5.74) is 1.44. The summed E-state index contributed by atoms with van der Waals surface area (Å²) in [6.07, 6.45) is -2.79. The lowest BCUT2D eigenvalue weighted by molar-refractivity contribution is -0.137. The van der Waals surface area contributed by atoms with Crippen molar-refractivity contribution in [2.24, 2.45) is 0 Å². The number of carbonyl (C=O) groups is 1. The molecule has 0 bridgehead atoms. The number of nitrogens with one attached hydrogen (secondary N) is 1. The molecule has 4 rings (SSSR count). The second-order valence-electron chi connectivity index (χ2n) is 7.16. The van der Waals surface area contributed by atoms with E-state index in [-0.39, 0.29) is 23.1 Å². The summed E-state index contributed by atoms with van der Waals surface area (Å²) in [6.45, 7) is 1.97. The van der Waals surface area contributed by atoms with Crippen LogP contribution in [0.3, 0.4) is 0 Å². The molecule has 0 radical (unpaired) electrons. The molecule has 1 amide bonds. The van der Waals surface area contributed by atoms with Crippen LogP contribution in [-0.4, -0.2) is 36.9 Å². The highest BCUT2D eigenvalue weighted by Gasteiger charge is 2.31. The summed E-state index contributed by atoms with van der Waals surface area (Å²) in [6, 6.07) is 10.8. The normalized spacial score (nSPS) is 11.6. The van der Waals surface area contributed by atoms with Crippen LogP contribution in [0.25, 0.3) is 5.69 Å². The molecule has 0 aliphatic carbocycles. The first kappa shape index (κ1) is 24.2. The van der Waals surface area contributed by atoms with Gasteiger partial charge in [-0.25, -0.2) is 4.98 Å². The van der Waals surface area contributed by atoms with E-state index >= 15 is 0 Å². The van der Waals surface area contributed by atoms with Crippen LogP contribution in [0.2, 0.25) is 5.02 Å². The molecule has 2 heterocycles. The molecular weight excluding hydrogens is 509 g/mol. The van der Waals surface area contributed by atoms with Crippen LogP contribution in [0.15, 0.2) is 53.8 Å². The minimum Gasteiger partial charge on any atom is -0.301 e. The zero-order chi connectivity index (χ0) is 24.3. The third kappa shape index (κ3) is 5.93. The monoisotopic (exact) mass is 524 g/mol. The molecular formula is C21H16ClF3N6OS2. The lowest BCUT2D eigenvalue weighted by Crippen LogP contribution is -2.14. The highest BCUT2D eigenvalue weighted by atomic mass is 35.5. The minimum absolute atomic E-state index is 0.0423. The van der Waals surface area contributed by atoms with Crippen molar-refractivity contribution in [3.8, 4) is 5.69 Å². The van der Waals surface area contributed by atoms with E-state index in [2.05, 4.69) is 25.8 Å². The van der Waals surface area contributed by atoms with Crippen LogP contribution >= 0.6 is 34.7 Å². The Balaban J connectivity index is 1.36. The maximum Gasteiger partial charge on any atom is 0.416 e. The average molecular weight is 525 g/mol. The molecule has 0 saturated carbocycles. The van der Waals surface area contributed by atoms with Crippen LogP contribution in [0.5, 0.6) is 0 Å². The van der Waals surface area contributed by atoms with Crippen molar-refractivity contribution in [1.82, 2.24) is 25.2 Å². The Hall–Kier alpha value is -2.96. The molecule has 7 nitrogen and oxygen atoms in total. The van der Waals surface area contributed by atoms with Crippen molar-refractivity contribution in [2.75, 3.05) is 11.1 Å². The number of hydrogen-bond acceptors (Lipinski definition) is 7. The van der Waals surface area contributed by atoms with E-state index in [1.54, 1.807) is 0 Å². The first-order valence-electron chi connectivity index (χ1n) is 9.77. The average Bonchev–Trinajstić information content (AvgIpc) is 3.43. The standard InChI is InChI=1S/C21H16ClF3N6OS2/c1-12-2-5-15(6-3-12)31-20(28-29-30-31)33-11-18(32)27-19-26-10-16(34-19)9-13-8-14(21(23,24)25)4-7-17(13)22/h2-8,10H,9,11H2,1H3,(H,26,27,32). The molecule has 1 N–H and O–H groups in total. The lowest BCUT2D eigenvalue weighted by atomic mass is 10.1. The molecule has 0 saturated heterocycles. The van der Waals surface area contributed by atoms with Gasteiger partial charge in [0.15, 0.2) is 5.13 Å². The number of aromatic nitrogens is 5. The quantitative estimate of drug-likeness (QED) is 0.325. The highest BCUT2D eigenvalue weighted by Crippen LogP contribution is 2.33. The predicted molar refractivity (Wildman–Crippen MR) is 125 cm³/mol. The fraction of sp³-hybridized carbons (Fsp3) is 0.190. The summed E-state index contributed by atoms with van der Waals surface area (Å²) >= 11 is 8.40. The van der Waals surface area contributed by atoms with Gasteiger partial charge in [0.2, 0.25) is 11.1 Å². The van der Waals surface area contributed by atoms with Crippen molar-refractivity contribution in [1.29, 1.82) is 0 Å². The molecule has 2 aromatic heterocycles. The molecule has 0 atom stereocenters. The number of thiazole rings is 1. The van der Waals surface area contributed by atoms with Crippen molar-refractivity contribution in [3.05, 3.63) is 75.3 Å². The molecule has 2 aromatic carbocycles. The number of benzene rings is 2. The fourth-order valence-electron chi connectivity index (χ4n) is 2.92. The van der Waals surface area contributed by atoms with Crippen molar-refractivity contribution < 1.29 is 18.0 Å². The number of tetrazole rings is 1. The molecule has 0 aliphatic heterocycles. The van der Waals surface area contributed by atoms with Gasteiger partial charge in [-0.3, -0.25) is 4.79 Å². The third-order valence-electron chi connectivity index (χ3n) is 4.59. The number of halogens is 4. The largest absolute Gasteiger partial charge is 0.416 e. The van der Waals surface area contributed by atoms with Gasteiger partial charge >= 0.3 is 6.18 Å². The highest BCUT2D eigenvalue weighted by molar-refractivity contribution is 7.99. The van der Waals surface area contributed by atoms with Gasteiger partial charge in [0.1, 0.15) is 0 Å². The van der Waals surface area contributed by atoms with Crippen LogP contribution in [-0.2, 0) is 17.4 Å². The van der Waals surface area contributed by atoms with E-state index in [0.717, 1.165) is 35.1 Å². The summed E-state index contributed by atoms with van der Waals surface area (Å²) < 4.78 is 40.5. The molecule has 0 fully saturated rings. The van der Waals surface area contributed by atoms with Crippen molar-refractivity contribution in [2.45, 2.75) is 24.7 Å². The van der Waals surface area contributed by atoms with Crippen molar-refractivity contribution in [3.63, 3.8) is 0 Å². The molecule has 13 heteroatoms. The van der Waals surface area contributed by atoms with Gasteiger partial charge in [-0.2, -0.15) is 17.9 Å². The summed E-state index contributed by atoms with van der Waals surface area (Å²) in [5, 5.41) is 15.3. The second kappa shape index (κ2) is 10.1. The molecule has 176 valence electrons. The number of aryl methyl sites for hydroxylation is 1. The van der Waals surface area contributed by atoms with Gasteiger partial charge in [0, 0.05) is 22.5 Å². The molecule has 0 spiro atoms. The summed E-state index contributed by atoms with van der Waals surface area (Å²) in [5.74, 6) is -0.276. The lowest BCUT2D eigenvalue weighted by Gasteiger charge is -2.09. The Kier molecular flexibility index (Phi) is 7.19. The molecule has 0 aliphatic rings. The number of amides is 1. The molecule has 34 heavy (non-hydrogen) atoms. The smallest absolute Gasteiger partial charge is 0.301 e. The van der Waals surface area contributed by atoms with Crippen molar-refractivity contribution >= 4 is 45.7 Å². The number of hydrogen-bond donors (Lipinski definition) is 1. The Morgan fingerprint density at radius 1 is 1.21 bits per heavy atom. The first-order chi connectivity index (χ1) is 16.2. The van der Waals surface area contributed by atoms with Gasteiger partial charge in [0.25, 0.3) is 0 Å². The van der Waals surface area contributed by atoms with Gasteiger partial charge < -0.3 is 5.32 Å². The number of alkyl halides is 3. The minimum atomic E-state index is -4.46. The fourth-order valence-corrected chi connectivity index (χ4v) is 4.65. The number of nitrogens with zero attached hydrogens (tertiary/aromatic N) is 5. The first-order valence-corrected chi connectivity index (χ1v) is 12.0. The molecule has 4 aromatic rings. The number of rotatable bonds is 7. The summed E-state index contributed by atoms with van der Waals surface area (Å²) in [7, 11) is 0. The number of thioether (sulfide) groups is 1. The Morgan fingerprint density at radius 3 is 2.71 bits per heavy atom. The Morgan fingerprint density at radius 2 is 1.97 bits per heavy atom. The SMILES string of the molecule is Cc1ccc(-n2nnnc2SCC(=O)Nc2ncc(Cc3cc(C(F)(F)F)ccc3Cl)s2)cc1.